The number of carbonyl (C=O) groups is 1. The number of rotatable bonds is 4. The summed E-state index contributed by atoms with van der Waals surface area (Å²) in [5, 5.41) is 7.36. The number of aryl methyl sites for hydroxylation is 1. The fraction of sp³-hybridized carbons (Fsp3) is 0.333. The Hall–Kier alpha value is -3.06. The van der Waals surface area contributed by atoms with E-state index in [1.165, 1.54) is 5.56 Å². The maximum absolute atomic E-state index is 12.9. The number of aromatic amines is 1. The molecule has 0 radical (unpaired) electrons. The van der Waals surface area contributed by atoms with Gasteiger partial charge in [-0.1, -0.05) is 30.3 Å². The second kappa shape index (κ2) is 8.31. The summed E-state index contributed by atoms with van der Waals surface area (Å²) in [6, 6.07) is 14.1. The third-order valence-electron chi connectivity index (χ3n) is 5.11. The van der Waals surface area contributed by atoms with Crippen molar-refractivity contribution in [2.45, 2.75) is 25.9 Å². The largest absolute Gasteiger partial charge is 0.337 e. The van der Waals surface area contributed by atoms with E-state index in [0.717, 1.165) is 31.2 Å². The quantitative estimate of drug-likeness (QED) is 0.757. The molecule has 1 saturated heterocycles. The number of hydrogen-bond donors (Lipinski definition) is 1. The number of nitrogens with zero attached hydrogens (tertiary/aromatic N) is 5. The Morgan fingerprint density at radius 2 is 2.00 bits per heavy atom. The number of benzene rings is 1. The summed E-state index contributed by atoms with van der Waals surface area (Å²) in [5.41, 5.74) is 1.87. The van der Waals surface area contributed by atoms with Crippen LogP contribution in [0.3, 0.4) is 0 Å². The molecule has 0 saturated carbocycles. The Bertz CT molecular complexity index is 911. The SMILES string of the molecule is Cc1nc(C2CCN(C(=O)c3cccnc3)CCN2Cc2ccccc2)n[nH]1. The summed E-state index contributed by atoms with van der Waals surface area (Å²) in [7, 11) is 0. The molecule has 0 spiro atoms. The van der Waals surface area contributed by atoms with Gasteiger partial charge in [0.05, 0.1) is 11.6 Å². The first-order chi connectivity index (χ1) is 13.7. The number of nitrogens with one attached hydrogen (secondary N) is 1. The highest BCUT2D eigenvalue weighted by Gasteiger charge is 2.30. The molecule has 1 N–H and O–H groups in total. The molecule has 2 aromatic heterocycles. The van der Waals surface area contributed by atoms with E-state index >= 15 is 0 Å². The van der Waals surface area contributed by atoms with Gasteiger partial charge < -0.3 is 4.90 Å². The average molecular weight is 376 g/mol. The predicted octanol–water partition coefficient (Wildman–Crippen LogP) is 2.60. The smallest absolute Gasteiger partial charge is 0.255 e. The van der Waals surface area contributed by atoms with Crippen LogP contribution in [0.15, 0.2) is 54.9 Å². The highest BCUT2D eigenvalue weighted by Crippen LogP contribution is 2.27. The van der Waals surface area contributed by atoms with Crippen LogP contribution in [0.5, 0.6) is 0 Å². The summed E-state index contributed by atoms with van der Waals surface area (Å²) in [6.45, 7) is 4.80. The topological polar surface area (TPSA) is 78.0 Å². The van der Waals surface area contributed by atoms with Crippen LogP contribution >= 0.6 is 0 Å². The number of amides is 1. The van der Waals surface area contributed by atoms with Crippen LogP contribution in [0.4, 0.5) is 0 Å². The van der Waals surface area contributed by atoms with Gasteiger partial charge in [-0.05, 0) is 31.0 Å². The first-order valence-electron chi connectivity index (χ1n) is 9.57. The zero-order valence-electron chi connectivity index (χ0n) is 16.0. The lowest BCUT2D eigenvalue weighted by Crippen LogP contribution is -2.35. The second-order valence-corrected chi connectivity index (χ2v) is 7.07. The van der Waals surface area contributed by atoms with Gasteiger partial charge >= 0.3 is 0 Å². The fourth-order valence-corrected chi connectivity index (χ4v) is 3.66. The molecular formula is C21H24N6O. The first kappa shape index (κ1) is 18.3. The molecule has 0 bridgehead atoms. The van der Waals surface area contributed by atoms with Crippen LogP contribution in [0.2, 0.25) is 0 Å². The number of H-pyrrole nitrogens is 1. The molecule has 0 aliphatic carbocycles. The summed E-state index contributed by atoms with van der Waals surface area (Å²) in [6.07, 6.45) is 4.10. The molecule has 3 aromatic rings. The molecule has 144 valence electrons. The van der Waals surface area contributed by atoms with Crippen LogP contribution in [-0.4, -0.2) is 55.5 Å². The van der Waals surface area contributed by atoms with Crippen molar-refractivity contribution >= 4 is 5.91 Å². The second-order valence-electron chi connectivity index (χ2n) is 7.07. The zero-order chi connectivity index (χ0) is 19.3. The van der Waals surface area contributed by atoms with Gasteiger partial charge in [0.2, 0.25) is 0 Å². The van der Waals surface area contributed by atoms with Crippen LogP contribution in [0.1, 0.15) is 40.0 Å². The van der Waals surface area contributed by atoms with Gasteiger partial charge in [-0.3, -0.25) is 19.8 Å². The Morgan fingerprint density at radius 3 is 2.71 bits per heavy atom. The molecule has 28 heavy (non-hydrogen) atoms. The number of hydrogen-bond acceptors (Lipinski definition) is 5. The highest BCUT2D eigenvalue weighted by molar-refractivity contribution is 5.93. The predicted molar refractivity (Wildman–Crippen MR) is 105 cm³/mol. The van der Waals surface area contributed by atoms with Gasteiger partial charge in [0.15, 0.2) is 5.82 Å². The van der Waals surface area contributed by atoms with E-state index in [-0.39, 0.29) is 11.9 Å². The average Bonchev–Trinajstić information content (AvgIpc) is 3.05. The van der Waals surface area contributed by atoms with Crippen molar-refractivity contribution in [1.82, 2.24) is 30.0 Å². The van der Waals surface area contributed by atoms with E-state index in [1.54, 1.807) is 18.5 Å². The van der Waals surface area contributed by atoms with E-state index in [2.05, 4.69) is 49.3 Å². The lowest BCUT2D eigenvalue weighted by atomic mass is 10.1. The zero-order valence-corrected chi connectivity index (χ0v) is 16.0. The number of aromatic nitrogens is 4. The van der Waals surface area contributed by atoms with Gasteiger partial charge in [-0.15, -0.1) is 0 Å². The third-order valence-corrected chi connectivity index (χ3v) is 5.11. The summed E-state index contributed by atoms with van der Waals surface area (Å²) >= 11 is 0. The molecule has 1 aliphatic heterocycles. The molecule has 7 heteroatoms. The fourth-order valence-electron chi connectivity index (χ4n) is 3.66. The van der Waals surface area contributed by atoms with Crippen molar-refractivity contribution in [2.75, 3.05) is 19.6 Å². The third kappa shape index (κ3) is 4.09. The van der Waals surface area contributed by atoms with Gasteiger partial charge in [0, 0.05) is 38.6 Å². The number of carbonyl (C=O) groups excluding carboxylic acids is 1. The van der Waals surface area contributed by atoms with Crippen LogP contribution in [0, 0.1) is 6.92 Å². The van der Waals surface area contributed by atoms with Crippen molar-refractivity contribution in [2.24, 2.45) is 0 Å². The Kier molecular flexibility index (Phi) is 5.43. The minimum atomic E-state index is 0.0274. The first-order valence-corrected chi connectivity index (χ1v) is 9.57. The van der Waals surface area contributed by atoms with E-state index in [9.17, 15) is 4.79 Å². The highest BCUT2D eigenvalue weighted by atomic mass is 16.2. The standard InChI is InChI=1S/C21H24N6O/c1-16-23-20(25-24-16)19-9-11-26(21(28)18-8-5-10-22-14-18)12-13-27(19)15-17-6-3-2-4-7-17/h2-8,10,14,19H,9,11-13,15H2,1H3,(H,23,24,25). The monoisotopic (exact) mass is 376 g/mol. The maximum atomic E-state index is 12.9. The van der Waals surface area contributed by atoms with Crippen molar-refractivity contribution < 1.29 is 4.79 Å². The van der Waals surface area contributed by atoms with E-state index in [1.807, 2.05) is 24.0 Å². The molecule has 1 fully saturated rings. The van der Waals surface area contributed by atoms with E-state index in [0.29, 0.717) is 18.7 Å². The molecule has 1 aromatic carbocycles. The van der Waals surface area contributed by atoms with E-state index < -0.39 is 0 Å². The molecule has 4 rings (SSSR count). The number of pyridine rings is 1. The van der Waals surface area contributed by atoms with Gasteiger partial charge in [0.25, 0.3) is 5.91 Å². The molecule has 7 nitrogen and oxygen atoms in total. The molecule has 1 unspecified atom stereocenters. The lowest BCUT2D eigenvalue weighted by molar-refractivity contribution is 0.0760. The minimum absolute atomic E-state index is 0.0274. The normalized spacial score (nSPS) is 18.0. The van der Waals surface area contributed by atoms with Crippen molar-refractivity contribution in [3.05, 3.63) is 77.6 Å². The van der Waals surface area contributed by atoms with Gasteiger partial charge in [0.1, 0.15) is 5.82 Å². The molecule has 3 heterocycles. The van der Waals surface area contributed by atoms with Crippen molar-refractivity contribution in [3.8, 4) is 0 Å². The molecular weight excluding hydrogens is 352 g/mol. The Morgan fingerprint density at radius 1 is 1.14 bits per heavy atom. The maximum Gasteiger partial charge on any atom is 0.255 e. The van der Waals surface area contributed by atoms with Crippen LogP contribution in [0.25, 0.3) is 0 Å². The van der Waals surface area contributed by atoms with Crippen molar-refractivity contribution in [3.63, 3.8) is 0 Å². The van der Waals surface area contributed by atoms with Gasteiger partial charge in [-0.25, -0.2) is 4.98 Å². The van der Waals surface area contributed by atoms with Crippen LogP contribution < -0.4 is 0 Å². The molecule has 1 atom stereocenters. The lowest BCUT2D eigenvalue weighted by Gasteiger charge is -2.27. The Labute approximate surface area is 164 Å². The summed E-state index contributed by atoms with van der Waals surface area (Å²) < 4.78 is 0. The molecule has 1 amide bonds. The molecule has 1 aliphatic rings. The van der Waals surface area contributed by atoms with E-state index in [4.69, 9.17) is 0 Å². The van der Waals surface area contributed by atoms with Crippen molar-refractivity contribution in [1.29, 1.82) is 0 Å². The Balaban J connectivity index is 1.56. The minimum Gasteiger partial charge on any atom is -0.337 e. The summed E-state index contributed by atoms with van der Waals surface area (Å²) in [4.78, 5) is 25.8. The summed E-state index contributed by atoms with van der Waals surface area (Å²) in [5.74, 6) is 1.63. The van der Waals surface area contributed by atoms with Gasteiger partial charge in [-0.2, -0.15) is 5.10 Å². The van der Waals surface area contributed by atoms with Crippen LogP contribution in [-0.2, 0) is 6.54 Å².